The molecule has 0 radical (unpaired) electrons. The summed E-state index contributed by atoms with van der Waals surface area (Å²) in [6.45, 7) is 8.79. The van der Waals surface area contributed by atoms with Crippen molar-refractivity contribution in [1.29, 1.82) is 0 Å². The Labute approximate surface area is 122 Å². The Balaban J connectivity index is 1.67. The maximum Gasteiger partial charge on any atom is 0.0866 e. The molecule has 20 heavy (non-hydrogen) atoms. The highest BCUT2D eigenvalue weighted by Crippen LogP contribution is 2.35. The smallest absolute Gasteiger partial charge is 0.0866 e. The third kappa shape index (κ3) is 3.24. The molecule has 1 heterocycles. The van der Waals surface area contributed by atoms with Gasteiger partial charge in [-0.3, -0.25) is 0 Å². The molecule has 0 amide bonds. The first-order valence-electron chi connectivity index (χ1n) is 7.99. The molecule has 3 rings (SSSR count). The number of hydrogen-bond donors (Lipinski definition) is 1. The van der Waals surface area contributed by atoms with Gasteiger partial charge >= 0.3 is 0 Å². The van der Waals surface area contributed by atoms with Gasteiger partial charge in [-0.25, -0.2) is 0 Å². The Bertz CT molecular complexity index is 441. The third-order valence-electron chi connectivity index (χ3n) is 4.57. The van der Waals surface area contributed by atoms with Crippen molar-refractivity contribution in [3.63, 3.8) is 0 Å². The van der Waals surface area contributed by atoms with E-state index >= 15 is 0 Å². The Morgan fingerprint density at radius 1 is 1.10 bits per heavy atom. The van der Waals surface area contributed by atoms with Crippen molar-refractivity contribution in [2.24, 2.45) is 5.92 Å². The van der Waals surface area contributed by atoms with Gasteiger partial charge in [0, 0.05) is 25.1 Å². The predicted octanol–water partition coefficient (Wildman–Crippen LogP) is 3.81. The van der Waals surface area contributed by atoms with E-state index in [2.05, 4.69) is 50.4 Å². The van der Waals surface area contributed by atoms with E-state index in [1.165, 1.54) is 30.4 Å². The highest BCUT2D eigenvalue weighted by molar-refractivity contribution is 5.29. The molecule has 0 bridgehead atoms. The first kappa shape index (κ1) is 14.1. The predicted molar refractivity (Wildman–Crippen MR) is 83.0 cm³/mol. The first-order chi connectivity index (χ1) is 9.54. The topological polar surface area (TPSA) is 21.3 Å². The molecule has 2 atom stereocenters. The van der Waals surface area contributed by atoms with E-state index in [9.17, 15) is 0 Å². The second-order valence-corrected chi connectivity index (χ2v) is 7.39. The van der Waals surface area contributed by atoms with E-state index in [4.69, 9.17) is 4.74 Å². The maximum atomic E-state index is 5.99. The van der Waals surface area contributed by atoms with Crippen LogP contribution in [0.3, 0.4) is 0 Å². The molecule has 1 aliphatic heterocycles. The van der Waals surface area contributed by atoms with E-state index in [1.807, 2.05) is 0 Å². The summed E-state index contributed by atoms with van der Waals surface area (Å²) in [6, 6.07) is 9.85. The van der Waals surface area contributed by atoms with E-state index in [-0.39, 0.29) is 11.5 Å². The van der Waals surface area contributed by atoms with Crippen LogP contribution in [-0.2, 0) is 10.2 Å². The molecular formula is C18H27NO. The van der Waals surface area contributed by atoms with Gasteiger partial charge in [0.2, 0.25) is 0 Å². The Morgan fingerprint density at radius 3 is 2.40 bits per heavy atom. The highest BCUT2D eigenvalue weighted by Gasteiger charge is 2.31. The molecule has 1 N–H and O–H groups in total. The minimum Gasteiger partial charge on any atom is -0.373 e. The second-order valence-electron chi connectivity index (χ2n) is 7.39. The maximum absolute atomic E-state index is 5.99. The summed E-state index contributed by atoms with van der Waals surface area (Å²) in [6.07, 6.45) is 4.19. The van der Waals surface area contributed by atoms with Gasteiger partial charge in [-0.1, -0.05) is 45.0 Å². The van der Waals surface area contributed by atoms with Crippen LogP contribution in [0, 0.1) is 5.92 Å². The van der Waals surface area contributed by atoms with Crippen LogP contribution in [0.15, 0.2) is 24.3 Å². The molecule has 1 aromatic rings. The summed E-state index contributed by atoms with van der Waals surface area (Å²) in [5.74, 6) is 0.635. The van der Waals surface area contributed by atoms with Crippen molar-refractivity contribution >= 4 is 0 Å². The normalized spacial score (nSPS) is 26.9. The summed E-state index contributed by atoms with van der Waals surface area (Å²) < 4.78 is 5.99. The quantitative estimate of drug-likeness (QED) is 0.900. The van der Waals surface area contributed by atoms with Crippen LogP contribution in [-0.4, -0.2) is 19.2 Å². The van der Waals surface area contributed by atoms with Crippen molar-refractivity contribution in [3.8, 4) is 0 Å². The summed E-state index contributed by atoms with van der Waals surface area (Å²) in [5.41, 5.74) is 2.96. The average Bonchev–Trinajstić information content (AvgIpc) is 3.12. The molecule has 0 aromatic heterocycles. The highest BCUT2D eigenvalue weighted by atomic mass is 16.5. The van der Waals surface area contributed by atoms with Crippen LogP contribution < -0.4 is 5.32 Å². The average molecular weight is 273 g/mol. The number of ether oxygens (including phenoxy) is 1. The molecule has 2 aliphatic rings. The lowest BCUT2D eigenvalue weighted by Gasteiger charge is -2.22. The zero-order valence-electron chi connectivity index (χ0n) is 13.0. The van der Waals surface area contributed by atoms with Crippen molar-refractivity contribution < 1.29 is 4.74 Å². The van der Waals surface area contributed by atoms with Gasteiger partial charge in [0.05, 0.1) is 6.10 Å². The zero-order valence-corrected chi connectivity index (χ0v) is 13.0. The SMILES string of the molecule is CC(C)(C)c1ccc(C2OCCC2CNC2CC2)cc1. The Kier molecular flexibility index (Phi) is 3.87. The molecule has 2 fully saturated rings. The lowest BCUT2D eigenvalue weighted by atomic mass is 9.85. The molecule has 1 saturated carbocycles. The van der Waals surface area contributed by atoms with Crippen LogP contribution in [0.2, 0.25) is 0 Å². The summed E-state index contributed by atoms with van der Waals surface area (Å²) >= 11 is 0. The van der Waals surface area contributed by atoms with Crippen molar-refractivity contribution in [2.75, 3.05) is 13.2 Å². The van der Waals surface area contributed by atoms with Gasteiger partial charge in [0.25, 0.3) is 0 Å². The van der Waals surface area contributed by atoms with Gasteiger partial charge in [-0.15, -0.1) is 0 Å². The number of nitrogens with one attached hydrogen (secondary N) is 1. The fourth-order valence-electron chi connectivity index (χ4n) is 2.99. The fraction of sp³-hybridized carbons (Fsp3) is 0.667. The molecule has 2 nitrogen and oxygen atoms in total. The molecular weight excluding hydrogens is 246 g/mol. The molecule has 1 saturated heterocycles. The van der Waals surface area contributed by atoms with Gasteiger partial charge in [0.1, 0.15) is 0 Å². The fourth-order valence-corrected chi connectivity index (χ4v) is 2.99. The van der Waals surface area contributed by atoms with Crippen molar-refractivity contribution in [1.82, 2.24) is 5.32 Å². The molecule has 2 heteroatoms. The standard InChI is InChI=1S/C18H27NO/c1-18(2,3)15-6-4-13(5-7-15)17-14(10-11-20-17)12-19-16-8-9-16/h4-7,14,16-17,19H,8-12H2,1-3H3. The lowest BCUT2D eigenvalue weighted by molar-refractivity contribution is 0.0904. The molecule has 110 valence electrons. The number of hydrogen-bond acceptors (Lipinski definition) is 2. The zero-order chi connectivity index (χ0) is 14.2. The van der Waals surface area contributed by atoms with Gasteiger partial charge < -0.3 is 10.1 Å². The van der Waals surface area contributed by atoms with Gasteiger partial charge in [-0.05, 0) is 35.8 Å². The molecule has 1 aliphatic carbocycles. The van der Waals surface area contributed by atoms with Gasteiger partial charge in [-0.2, -0.15) is 0 Å². The van der Waals surface area contributed by atoms with E-state index in [1.54, 1.807) is 0 Å². The number of benzene rings is 1. The summed E-state index contributed by atoms with van der Waals surface area (Å²) in [5, 5.41) is 3.65. The monoisotopic (exact) mass is 273 g/mol. The minimum atomic E-state index is 0.224. The van der Waals surface area contributed by atoms with Crippen molar-refractivity contribution in [2.45, 2.75) is 57.6 Å². The largest absolute Gasteiger partial charge is 0.373 e. The molecule has 0 spiro atoms. The summed E-state index contributed by atoms with van der Waals surface area (Å²) in [4.78, 5) is 0. The van der Waals surface area contributed by atoms with Crippen LogP contribution in [0.1, 0.15) is 57.3 Å². The van der Waals surface area contributed by atoms with E-state index in [0.717, 1.165) is 19.2 Å². The number of rotatable bonds is 4. The minimum absolute atomic E-state index is 0.224. The van der Waals surface area contributed by atoms with Crippen LogP contribution in [0.25, 0.3) is 0 Å². The van der Waals surface area contributed by atoms with Gasteiger partial charge in [0.15, 0.2) is 0 Å². The second kappa shape index (κ2) is 5.50. The van der Waals surface area contributed by atoms with Crippen LogP contribution in [0.5, 0.6) is 0 Å². The van der Waals surface area contributed by atoms with Crippen LogP contribution in [0.4, 0.5) is 0 Å². The molecule has 2 unspecified atom stereocenters. The van der Waals surface area contributed by atoms with Crippen LogP contribution >= 0.6 is 0 Å². The third-order valence-corrected chi connectivity index (χ3v) is 4.57. The Hall–Kier alpha value is -0.860. The lowest BCUT2D eigenvalue weighted by Crippen LogP contribution is -2.26. The van der Waals surface area contributed by atoms with E-state index < -0.39 is 0 Å². The van der Waals surface area contributed by atoms with Crippen molar-refractivity contribution in [3.05, 3.63) is 35.4 Å². The molecule has 1 aromatic carbocycles. The summed E-state index contributed by atoms with van der Waals surface area (Å²) in [7, 11) is 0. The first-order valence-corrected chi connectivity index (χ1v) is 7.99. The Morgan fingerprint density at radius 2 is 1.80 bits per heavy atom. The van der Waals surface area contributed by atoms with E-state index in [0.29, 0.717) is 5.92 Å².